The highest BCUT2D eigenvalue weighted by Gasteiger charge is 2.18. The van der Waals surface area contributed by atoms with E-state index in [9.17, 15) is 4.79 Å². The van der Waals surface area contributed by atoms with Crippen molar-refractivity contribution in [1.82, 2.24) is 20.4 Å². The highest BCUT2D eigenvalue weighted by atomic mass is 16.4. The van der Waals surface area contributed by atoms with Crippen LogP contribution < -0.4 is 5.32 Å². The van der Waals surface area contributed by atoms with Gasteiger partial charge in [-0.3, -0.25) is 9.69 Å². The summed E-state index contributed by atoms with van der Waals surface area (Å²) in [6, 6.07) is 19.0. The van der Waals surface area contributed by atoms with Crippen molar-refractivity contribution < 1.29 is 9.21 Å². The van der Waals surface area contributed by atoms with Gasteiger partial charge in [0.2, 0.25) is 17.7 Å². The van der Waals surface area contributed by atoms with E-state index in [4.69, 9.17) is 4.42 Å². The zero-order valence-electron chi connectivity index (χ0n) is 18.8. The van der Waals surface area contributed by atoms with Gasteiger partial charge in [0, 0.05) is 37.5 Å². The molecule has 1 aliphatic heterocycles. The number of amides is 1. The lowest BCUT2D eigenvalue weighted by molar-refractivity contribution is -0.121. The highest BCUT2D eigenvalue weighted by Crippen LogP contribution is 2.20. The van der Waals surface area contributed by atoms with E-state index in [0.717, 1.165) is 17.7 Å². The maximum atomic E-state index is 12.2. The number of hydrogen-bond acceptors (Lipinski definition) is 5. The monoisotopic (exact) mass is 432 g/mol. The molecular weight excluding hydrogens is 400 g/mol. The summed E-state index contributed by atoms with van der Waals surface area (Å²) in [4.78, 5) is 14.8. The summed E-state index contributed by atoms with van der Waals surface area (Å²) in [7, 11) is 0. The number of aryl methyl sites for hydroxylation is 1. The molecule has 1 aliphatic rings. The zero-order chi connectivity index (χ0) is 22.2. The average molecular weight is 433 g/mol. The molecule has 6 nitrogen and oxygen atoms in total. The summed E-state index contributed by atoms with van der Waals surface area (Å²) in [5.41, 5.74) is 3.36. The van der Waals surface area contributed by atoms with E-state index < -0.39 is 0 Å². The topological polar surface area (TPSA) is 71.3 Å². The van der Waals surface area contributed by atoms with Gasteiger partial charge in [0.1, 0.15) is 0 Å². The Hall–Kier alpha value is -2.99. The molecule has 1 aromatic heterocycles. The van der Waals surface area contributed by atoms with Crippen LogP contribution in [0.25, 0.3) is 11.5 Å². The number of aromatic nitrogens is 2. The Morgan fingerprint density at radius 3 is 2.62 bits per heavy atom. The molecule has 4 rings (SSSR count). The van der Waals surface area contributed by atoms with Gasteiger partial charge in [-0.15, -0.1) is 10.2 Å². The number of nitrogens with one attached hydrogen (secondary N) is 1. The minimum Gasteiger partial charge on any atom is -0.421 e. The molecular formula is C26H32N4O2. The Labute approximate surface area is 190 Å². The van der Waals surface area contributed by atoms with Crippen LogP contribution in [0.4, 0.5) is 0 Å². The van der Waals surface area contributed by atoms with Crippen LogP contribution in [0, 0.1) is 0 Å². The van der Waals surface area contributed by atoms with Gasteiger partial charge in [-0.25, -0.2) is 0 Å². The quantitative estimate of drug-likeness (QED) is 0.528. The van der Waals surface area contributed by atoms with Gasteiger partial charge in [-0.05, 0) is 56.0 Å². The largest absolute Gasteiger partial charge is 0.421 e. The van der Waals surface area contributed by atoms with Crippen LogP contribution in [-0.4, -0.2) is 33.6 Å². The van der Waals surface area contributed by atoms with Crippen molar-refractivity contribution in [3.63, 3.8) is 0 Å². The third kappa shape index (κ3) is 6.26. The second-order valence-corrected chi connectivity index (χ2v) is 8.63. The summed E-state index contributed by atoms with van der Waals surface area (Å²) in [6.07, 6.45) is 5.65. The van der Waals surface area contributed by atoms with E-state index in [-0.39, 0.29) is 5.91 Å². The summed E-state index contributed by atoms with van der Waals surface area (Å²) < 4.78 is 5.70. The molecule has 168 valence electrons. The number of carbonyl (C=O) groups excluding carboxylic acids is 1. The summed E-state index contributed by atoms with van der Waals surface area (Å²) in [5, 5.41) is 11.2. The Morgan fingerprint density at radius 1 is 1.06 bits per heavy atom. The molecule has 0 spiro atoms. The molecule has 1 N–H and O–H groups in total. The van der Waals surface area contributed by atoms with Crippen molar-refractivity contribution in [1.29, 1.82) is 0 Å². The maximum Gasteiger partial charge on any atom is 0.247 e. The Kier molecular flexibility index (Phi) is 7.67. The first-order valence-electron chi connectivity index (χ1n) is 11.6. The summed E-state index contributed by atoms with van der Waals surface area (Å²) >= 11 is 0. The summed E-state index contributed by atoms with van der Waals surface area (Å²) in [6.45, 7) is 5.08. The molecule has 6 heteroatoms. The van der Waals surface area contributed by atoms with E-state index in [2.05, 4.69) is 51.6 Å². The van der Waals surface area contributed by atoms with Crippen LogP contribution in [0.2, 0.25) is 0 Å². The smallest absolute Gasteiger partial charge is 0.247 e. The first-order chi connectivity index (χ1) is 15.7. The Bertz CT molecular complexity index is 985. The number of rotatable bonds is 9. The van der Waals surface area contributed by atoms with E-state index in [1.54, 1.807) is 0 Å². The van der Waals surface area contributed by atoms with Crippen molar-refractivity contribution in [3.05, 3.63) is 71.6 Å². The summed E-state index contributed by atoms with van der Waals surface area (Å²) in [5.74, 6) is 1.12. The minimum absolute atomic E-state index is 0.0408. The van der Waals surface area contributed by atoms with Gasteiger partial charge < -0.3 is 9.73 Å². The fourth-order valence-electron chi connectivity index (χ4n) is 4.13. The van der Waals surface area contributed by atoms with Gasteiger partial charge in [0.15, 0.2) is 0 Å². The van der Waals surface area contributed by atoms with Crippen molar-refractivity contribution in [2.75, 3.05) is 6.54 Å². The number of likely N-dealkylation sites (tertiary alicyclic amines) is 1. The van der Waals surface area contributed by atoms with E-state index in [1.807, 2.05) is 30.3 Å². The molecule has 1 amide bonds. The number of piperidine rings is 1. The first kappa shape index (κ1) is 22.2. The van der Waals surface area contributed by atoms with E-state index in [1.165, 1.54) is 31.4 Å². The third-order valence-electron chi connectivity index (χ3n) is 6.12. The molecule has 0 unspecified atom stereocenters. The van der Waals surface area contributed by atoms with Crippen LogP contribution >= 0.6 is 0 Å². The fourth-order valence-corrected chi connectivity index (χ4v) is 4.13. The molecule has 0 radical (unpaired) electrons. The molecule has 2 heterocycles. The molecule has 3 aromatic rings. The average Bonchev–Trinajstić information content (AvgIpc) is 3.30. The lowest BCUT2D eigenvalue weighted by atomic mass is 10.0. The normalized spacial score (nSPS) is 16.7. The molecule has 32 heavy (non-hydrogen) atoms. The van der Waals surface area contributed by atoms with Crippen molar-refractivity contribution in [3.8, 4) is 11.5 Å². The van der Waals surface area contributed by atoms with Gasteiger partial charge >= 0.3 is 0 Å². The first-order valence-corrected chi connectivity index (χ1v) is 11.6. The molecule has 1 atom stereocenters. The zero-order valence-corrected chi connectivity index (χ0v) is 18.8. The van der Waals surface area contributed by atoms with Crippen molar-refractivity contribution in [2.45, 2.75) is 64.6 Å². The van der Waals surface area contributed by atoms with E-state index >= 15 is 0 Å². The molecule has 0 aliphatic carbocycles. The molecule has 2 aromatic carbocycles. The van der Waals surface area contributed by atoms with Gasteiger partial charge in [0.25, 0.3) is 0 Å². The van der Waals surface area contributed by atoms with Gasteiger partial charge in [-0.1, -0.05) is 48.9 Å². The lowest BCUT2D eigenvalue weighted by Gasteiger charge is -2.33. The SMILES string of the molecule is C[C@H]1CCCCN1Cc1ccc(CNC(=O)CCCc2nnc(-c3ccccc3)o2)cc1. The number of benzene rings is 2. The Morgan fingerprint density at radius 2 is 1.84 bits per heavy atom. The maximum absolute atomic E-state index is 12.2. The third-order valence-corrected chi connectivity index (χ3v) is 6.12. The molecule has 1 saturated heterocycles. The number of nitrogens with zero attached hydrogens (tertiary/aromatic N) is 3. The number of carbonyl (C=O) groups is 1. The molecule has 0 bridgehead atoms. The predicted molar refractivity (Wildman–Crippen MR) is 125 cm³/mol. The standard InChI is InChI=1S/C26H32N4O2/c1-20-8-5-6-17-30(20)19-22-15-13-21(14-16-22)18-27-24(31)11-7-12-25-28-29-26(32-25)23-9-3-2-4-10-23/h2-4,9-10,13-16,20H,5-8,11-12,17-19H2,1H3,(H,27,31)/t20-/m0/s1. The second kappa shape index (κ2) is 11.0. The van der Waals surface area contributed by atoms with Gasteiger partial charge in [-0.2, -0.15) is 0 Å². The Balaban J connectivity index is 1.16. The molecule has 1 fully saturated rings. The van der Waals surface area contributed by atoms with Crippen LogP contribution in [0.5, 0.6) is 0 Å². The number of hydrogen-bond donors (Lipinski definition) is 1. The molecule has 0 saturated carbocycles. The van der Waals surface area contributed by atoms with Crippen LogP contribution in [0.15, 0.2) is 59.0 Å². The van der Waals surface area contributed by atoms with Crippen LogP contribution in [0.3, 0.4) is 0 Å². The lowest BCUT2D eigenvalue weighted by Crippen LogP contribution is -2.36. The van der Waals surface area contributed by atoms with E-state index in [0.29, 0.717) is 43.6 Å². The van der Waals surface area contributed by atoms with Crippen LogP contribution in [0.1, 0.15) is 56.0 Å². The fraction of sp³-hybridized carbons (Fsp3) is 0.423. The van der Waals surface area contributed by atoms with Crippen molar-refractivity contribution >= 4 is 5.91 Å². The van der Waals surface area contributed by atoms with Crippen molar-refractivity contribution in [2.24, 2.45) is 0 Å². The predicted octanol–water partition coefficient (Wildman–Crippen LogP) is 4.75. The van der Waals surface area contributed by atoms with Crippen LogP contribution in [-0.2, 0) is 24.3 Å². The second-order valence-electron chi connectivity index (χ2n) is 8.63. The minimum atomic E-state index is 0.0408. The van der Waals surface area contributed by atoms with Gasteiger partial charge in [0.05, 0.1) is 0 Å². The highest BCUT2D eigenvalue weighted by molar-refractivity contribution is 5.75.